The first-order chi connectivity index (χ1) is 9.38. The molecule has 1 heterocycles. The zero-order chi connectivity index (χ0) is 14.9. The van der Waals surface area contributed by atoms with Gasteiger partial charge in [-0.1, -0.05) is 11.6 Å². The number of hydrogen-bond donors (Lipinski definition) is 2. The normalized spacial score (nSPS) is 14.7. The topological polar surface area (TPSA) is 118 Å². The number of benzene rings is 1. The van der Waals surface area contributed by atoms with Crippen molar-refractivity contribution in [1.82, 2.24) is 10.6 Å². The van der Waals surface area contributed by atoms with Crippen LogP contribution in [-0.2, 0) is 9.59 Å². The van der Waals surface area contributed by atoms with Gasteiger partial charge < -0.3 is 0 Å². The van der Waals surface area contributed by atoms with E-state index in [0.29, 0.717) is 0 Å². The second kappa shape index (κ2) is 5.10. The molecule has 8 nitrogen and oxygen atoms in total. The number of nitrogens with one attached hydrogen (secondary N) is 2. The van der Waals surface area contributed by atoms with Crippen LogP contribution in [0.1, 0.15) is 5.56 Å². The van der Waals surface area contributed by atoms with E-state index in [2.05, 4.69) is 0 Å². The molecule has 20 heavy (non-hydrogen) atoms. The van der Waals surface area contributed by atoms with Gasteiger partial charge in [0.15, 0.2) is 0 Å². The zero-order valence-electron chi connectivity index (χ0n) is 9.68. The van der Waals surface area contributed by atoms with Gasteiger partial charge in [0.2, 0.25) is 0 Å². The molecule has 0 aromatic heterocycles. The van der Waals surface area contributed by atoms with E-state index in [0.717, 1.165) is 12.1 Å². The summed E-state index contributed by atoms with van der Waals surface area (Å²) in [4.78, 5) is 43.9. The van der Waals surface area contributed by atoms with Crippen LogP contribution >= 0.6 is 11.6 Å². The first-order valence-corrected chi connectivity index (χ1v) is 5.58. The second-order valence-electron chi connectivity index (χ2n) is 3.76. The minimum atomic E-state index is -0.928. The van der Waals surface area contributed by atoms with Crippen molar-refractivity contribution in [2.45, 2.75) is 0 Å². The lowest BCUT2D eigenvalue weighted by Gasteiger charge is -2.14. The first-order valence-electron chi connectivity index (χ1n) is 5.21. The number of urea groups is 1. The Balaban J connectivity index is 2.46. The van der Waals surface area contributed by atoms with Crippen molar-refractivity contribution in [2.75, 3.05) is 0 Å². The molecule has 0 radical (unpaired) electrons. The monoisotopic (exact) mass is 295 g/mol. The van der Waals surface area contributed by atoms with Crippen molar-refractivity contribution in [3.8, 4) is 0 Å². The summed E-state index contributed by atoms with van der Waals surface area (Å²) in [5.41, 5.74) is -0.489. The zero-order valence-corrected chi connectivity index (χ0v) is 10.4. The molecule has 0 aliphatic carbocycles. The lowest BCUT2D eigenvalue weighted by atomic mass is 10.1. The van der Waals surface area contributed by atoms with Crippen LogP contribution < -0.4 is 10.6 Å². The fourth-order valence-corrected chi connectivity index (χ4v) is 1.69. The summed E-state index contributed by atoms with van der Waals surface area (Å²) in [7, 11) is 0. The summed E-state index contributed by atoms with van der Waals surface area (Å²) in [5.74, 6) is -1.80. The standard InChI is InChI=1S/C11H6ClN3O5/c12-8-2-1-6(15(19)20)3-5(8)4-7-9(16)13-11(18)14-10(7)17/h1-4H,(H2,13,14,16,17,18). The maximum Gasteiger partial charge on any atom is 0.328 e. The number of non-ortho nitro benzene ring substituents is 1. The minimum Gasteiger partial charge on any atom is -0.273 e. The largest absolute Gasteiger partial charge is 0.328 e. The summed E-state index contributed by atoms with van der Waals surface area (Å²) in [6.45, 7) is 0. The Morgan fingerprint density at radius 1 is 1.15 bits per heavy atom. The Hall–Kier alpha value is -2.74. The van der Waals surface area contributed by atoms with Crippen molar-refractivity contribution < 1.29 is 19.3 Å². The molecule has 4 amide bonds. The number of rotatable bonds is 2. The molecule has 2 rings (SSSR count). The Bertz CT molecular complexity index is 661. The fourth-order valence-electron chi connectivity index (χ4n) is 1.52. The summed E-state index contributed by atoms with van der Waals surface area (Å²) in [5, 5.41) is 14.6. The van der Waals surface area contributed by atoms with Gasteiger partial charge in [0.1, 0.15) is 5.57 Å². The molecule has 2 N–H and O–H groups in total. The number of nitrogens with zero attached hydrogens (tertiary/aromatic N) is 1. The van der Waals surface area contributed by atoms with E-state index >= 15 is 0 Å². The number of carbonyl (C=O) groups excluding carboxylic acids is 3. The van der Waals surface area contributed by atoms with Crippen LogP contribution in [0.4, 0.5) is 10.5 Å². The van der Waals surface area contributed by atoms with E-state index < -0.39 is 22.8 Å². The van der Waals surface area contributed by atoms with Crippen LogP contribution in [0.15, 0.2) is 23.8 Å². The molecule has 1 aromatic carbocycles. The molecule has 1 saturated heterocycles. The number of nitro benzene ring substituents is 1. The summed E-state index contributed by atoms with van der Waals surface area (Å²) in [6.07, 6.45) is 1.08. The fraction of sp³-hybridized carbons (Fsp3) is 0. The molecule has 0 atom stereocenters. The van der Waals surface area contributed by atoms with Crippen LogP contribution in [-0.4, -0.2) is 22.8 Å². The lowest BCUT2D eigenvalue weighted by Crippen LogP contribution is -2.51. The maximum absolute atomic E-state index is 11.5. The molecule has 0 spiro atoms. The van der Waals surface area contributed by atoms with Crippen molar-refractivity contribution in [3.05, 3.63) is 44.5 Å². The summed E-state index contributed by atoms with van der Waals surface area (Å²) >= 11 is 5.85. The van der Waals surface area contributed by atoms with Crippen LogP contribution in [0.3, 0.4) is 0 Å². The highest BCUT2D eigenvalue weighted by molar-refractivity contribution is 6.34. The van der Waals surface area contributed by atoms with Crippen molar-refractivity contribution in [2.24, 2.45) is 0 Å². The predicted octanol–water partition coefficient (Wildman–Crippen LogP) is 0.998. The van der Waals surface area contributed by atoms with Crippen molar-refractivity contribution in [1.29, 1.82) is 0 Å². The molecule has 1 aromatic rings. The van der Waals surface area contributed by atoms with Crippen LogP contribution in [0.2, 0.25) is 5.02 Å². The highest BCUT2D eigenvalue weighted by Gasteiger charge is 2.28. The molecule has 0 saturated carbocycles. The van der Waals surface area contributed by atoms with Gasteiger partial charge in [0, 0.05) is 22.7 Å². The number of hydrogen-bond acceptors (Lipinski definition) is 5. The van der Waals surface area contributed by atoms with Crippen LogP contribution in [0.5, 0.6) is 0 Å². The Morgan fingerprint density at radius 2 is 1.75 bits per heavy atom. The van der Waals surface area contributed by atoms with Crippen molar-refractivity contribution >= 4 is 41.2 Å². The SMILES string of the molecule is O=C1NC(=O)C(=Cc2cc([N+](=O)[O-])ccc2Cl)C(=O)N1. The smallest absolute Gasteiger partial charge is 0.273 e. The molecule has 102 valence electrons. The highest BCUT2D eigenvalue weighted by atomic mass is 35.5. The Morgan fingerprint density at radius 3 is 2.30 bits per heavy atom. The van der Waals surface area contributed by atoms with E-state index in [9.17, 15) is 24.5 Å². The molecule has 1 aliphatic rings. The van der Waals surface area contributed by atoms with E-state index in [1.54, 1.807) is 0 Å². The van der Waals surface area contributed by atoms with Crippen LogP contribution in [0, 0.1) is 10.1 Å². The first kappa shape index (κ1) is 13.7. The number of barbiturate groups is 1. The quantitative estimate of drug-likeness (QED) is 0.365. The number of nitro groups is 1. The molecule has 1 aliphatic heterocycles. The van der Waals surface area contributed by atoms with Gasteiger partial charge in [-0.15, -0.1) is 0 Å². The summed E-state index contributed by atoms with van der Waals surface area (Å²) < 4.78 is 0. The van der Waals surface area contributed by atoms with Crippen LogP contribution in [0.25, 0.3) is 6.08 Å². The van der Waals surface area contributed by atoms with Gasteiger partial charge in [0.05, 0.1) is 4.92 Å². The molecular weight excluding hydrogens is 290 g/mol. The van der Waals surface area contributed by atoms with Gasteiger partial charge in [-0.2, -0.15) is 0 Å². The Kier molecular flexibility index (Phi) is 3.49. The van der Waals surface area contributed by atoms with E-state index in [1.165, 1.54) is 12.1 Å². The van der Waals surface area contributed by atoms with Gasteiger partial charge in [-0.05, 0) is 12.1 Å². The van der Waals surface area contributed by atoms with Gasteiger partial charge in [0.25, 0.3) is 17.5 Å². The molecule has 1 fully saturated rings. The molecular formula is C11H6ClN3O5. The van der Waals surface area contributed by atoms with Crippen molar-refractivity contribution in [3.63, 3.8) is 0 Å². The number of imide groups is 2. The number of carbonyl (C=O) groups is 3. The maximum atomic E-state index is 11.5. The number of halogens is 1. The minimum absolute atomic E-state index is 0.121. The average Bonchev–Trinajstić information content (AvgIpc) is 2.35. The van der Waals surface area contributed by atoms with E-state index in [4.69, 9.17) is 11.6 Å². The lowest BCUT2D eigenvalue weighted by molar-refractivity contribution is -0.384. The second-order valence-corrected chi connectivity index (χ2v) is 4.17. The Labute approximate surface area is 116 Å². The van der Waals surface area contributed by atoms with Gasteiger partial charge in [-0.3, -0.25) is 30.3 Å². The van der Waals surface area contributed by atoms with Gasteiger partial charge >= 0.3 is 6.03 Å². The summed E-state index contributed by atoms with van der Waals surface area (Å²) in [6, 6.07) is 2.65. The van der Waals surface area contributed by atoms with E-state index in [1.807, 2.05) is 10.6 Å². The number of amides is 4. The molecule has 0 unspecified atom stereocenters. The third kappa shape index (κ3) is 2.64. The third-order valence-corrected chi connectivity index (χ3v) is 2.78. The molecule has 0 bridgehead atoms. The molecule has 9 heteroatoms. The highest BCUT2D eigenvalue weighted by Crippen LogP contribution is 2.24. The van der Waals surface area contributed by atoms with E-state index in [-0.39, 0.29) is 21.8 Å². The average molecular weight is 296 g/mol. The van der Waals surface area contributed by atoms with Gasteiger partial charge in [-0.25, -0.2) is 4.79 Å². The predicted molar refractivity (Wildman–Crippen MR) is 67.8 cm³/mol. The third-order valence-electron chi connectivity index (χ3n) is 2.43.